The van der Waals surface area contributed by atoms with E-state index in [9.17, 15) is 9.90 Å². The molecule has 0 amide bonds. The van der Waals surface area contributed by atoms with Crippen LogP contribution >= 0.6 is 0 Å². The number of aromatic nitrogens is 2. The molecule has 0 fully saturated rings. The summed E-state index contributed by atoms with van der Waals surface area (Å²) >= 11 is 0. The number of H-pyrrole nitrogens is 2. The number of hydrogen-bond donors (Lipinski definition) is 3. The van der Waals surface area contributed by atoms with Crippen LogP contribution in [0.5, 0.6) is 5.75 Å². The highest BCUT2D eigenvalue weighted by atomic mass is 16.5. The maximum Gasteiger partial charge on any atom is 0.341 e. The number of ether oxygens (including phenoxy) is 1. The number of carbonyl (C=O) groups is 1. The Labute approximate surface area is 192 Å². The molecule has 166 valence electrons. The van der Waals surface area contributed by atoms with Crippen molar-refractivity contribution >= 4 is 27.8 Å². The van der Waals surface area contributed by atoms with Gasteiger partial charge in [-0.15, -0.1) is 0 Å². The number of carboxylic acid groups (broad SMARTS) is 1. The highest BCUT2D eigenvalue weighted by Crippen LogP contribution is 2.43. The van der Waals surface area contributed by atoms with Crippen LogP contribution < -0.4 is 4.74 Å². The molecule has 0 radical (unpaired) electrons. The third-order valence-corrected chi connectivity index (χ3v) is 6.37. The van der Waals surface area contributed by atoms with E-state index in [-0.39, 0.29) is 12.5 Å². The lowest BCUT2D eigenvalue weighted by molar-refractivity contribution is -0.139. The minimum atomic E-state index is -0.997. The fourth-order valence-corrected chi connectivity index (χ4v) is 4.83. The van der Waals surface area contributed by atoms with Crippen LogP contribution in [0.15, 0.2) is 73.1 Å². The van der Waals surface area contributed by atoms with Gasteiger partial charge in [0.1, 0.15) is 5.75 Å². The van der Waals surface area contributed by atoms with Gasteiger partial charge in [0.25, 0.3) is 0 Å². The summed E-state index contributed by atoms with van der Waals surface area (Å²) in [5.41, 5.74) is 7.89. The normalized spacial score (nSPS) is 12.3. The Morgan fingerprint density at radius 2 is 1.55 bits per heavy atom. The third kappa shape index (κ3) is 3.65. The Morgan fingerprint density at radius 3 is 2.27 bits per heavy atom. The van der Waals surface area contributed by atoms with Crippen molar-refractivity contribution in [3.8, 4) is 5.75 Å². The summed E-state index contributed by atoms with van der Waals surface area (Å²) in [6.45, 7) is 3.87. The van der Waals surface area contributed by atoms with Gasteiger partial charge in [-0.3, -0.25) is 0 Å². The molecule has 2 aromatic heterocycles. The van der Waals surface area contributed by atoms with Crippen molar-refractivity contribution in [2.24, 2.45) is 0 Å². The molecule has 0 saturated carbocycles. The smallest absolute Gasteiger partial charge is 0.341 e. The van der Waals surface area contributed by atoms with Crippen LogP contribution in [0.3, 0.4) is 0 Å². The van der Waals surface area contributed by atoms with Crippen molar-refractivity contribution in [3.63, 3.8) is 0 Å². The van der Waals surface area contributed by atoms with Crippen molar-refractivity contribution in [1.29, 1.82) is 0 Å². The highest BCUT2D eigenvalue weighted by molar-refractivity contribution is 5.91. The van der Waals surface area contributed by atoms with Gasteiger partial charge in [0.05, 0.1) is 0 Å². The van der Waals surface area contributed by atoms with Crippen LogP contribution in [0, 0.1) is 6.92 Å². The van der Waals surface area contributed by atoms with Crippen LogP contribution in [-0.2, 0) is 11.2 Å². The molecular formula is C28H26N2O3. The number of aliphatic carboxylic acids is 1. The SMILES string of the molecule is CCc1cccc2c(C(c3ccccc3OCC(=O)O)c3c[nH]c4c(C)cccc34)c[nH]c12. The molecule has 1 unspecified atom stereocenters. The predicted molar refractivity (Wildman–Crippen MR) is 131 cm³/mol. The van der Waals surface area contributed by atoms with Crippen molar-refractivity contribution in [1.82, 2.24) is 9.97 Å². The molecule has 1 atom stereocenters. The summed E-state index contributed by atoms with van der Waals surface area (Å²) in [7, 11) is 0. The zero-order chi connectivity index (χ0) is 22.9. The second-order valence-corrected chi connectivity index (χ2v) is 8.33. The predicted octanol–water partition coefficient (Wildman–Crippen LogP) is 6.16. The Bertz CT molecular complexity index is 1460. The minimum Gasteiger partial charge on any atom is -0.482 e. The fraction of sp³-hybridized carbons (Fsp3) is 0.179. The molecule has 0 aliphatic carbocycles. The quantitative estimate of drug-likeness (QED) is 0.285. The number of rotatable bonds is 7. The lowest BCUT2D eigenvalue weighted by Crippen LogP contribution is -2.12. The molecule has 5 rings (SSSR count). The molecule has 33 heavy (non-hydrogen) atoms. The molecular weight excluding hydrogens is 412 g/mol. The third-order valence-electron chi connectivity index (χ3n) is 6.37. The molecule has 3 N–H and O–H groups in total. The molecule has 5 aromatic rings. The zero-order valence-electron chi connectivity index (χ0n) is 18.7. The van der Waals surface area contributed by atoms with Crippen LogP contribution in [0.4, 0.5) is 0 Å². The Morgan fingerprint density at radius 1 is 0.879 bits per heavy atom. The van der Waals surface area contributed by atoms with Gasteiger partial charge in [-0.25, -0.2) is 4.79 Å². The molecule has 5 heteroatoms. The Hall–Kier alpha value is -3.99. The van der Waals surface area contributed by atoms with Crippen molar-refractivity contribution in [2.75, 3.05) is 6.61 Å². The lowest BCUT2D eigenvalue weighted by Gasteiger charge is -2.20. The van der Waals surface area contributed by atoms with Gasteiger partial charge in [-0.1, -0.05) is 61.5 Å². The topological polar surface area (TPSA) is 78.1 Å². The van der Waals surface area contributed by atoms with E-state index in [1.54, 1.807) is 0 Å². The van der Waals surface area contributed by atoms with E-state index in [0.29, 0.717) is 5.75 Å². The standard InChI is InChI=1S/C28H26N2O3/c1-3-18-9-7-12-20-23(15-30-28(18)20)26(21-10-4-5-13-24(21)33-16-25(31)32)22-14-29-27-17(2)8-6-11-19(22)27/h4-15,26,29-30H,3,16H2,1-2H3,(H,31,32). The second kappa shape index (κ2) is 8.51. The first-order valence-electron chi connectivity index (χ1n) is 11.2. The molecule has 5 nitrogen and oxygen atoms in total. The Balaban J connectivity index is 1.78. The van der Waals surface area contributed by atoms with Gasteiger partial charge in [0.2, 0.25) is 0 Å². The van der Waals surface area contributed by atoms with E-state index in [4.69, 9.17) is 4.74 Å². The highest BCUT2D eigenvalue weighted by Gasteiger charge is 2.26. The second-order valence-electron chi connectivity index (χ2n) is 8.33. The van der Waals surface area contributed by atoms with Crippen LogP contribution in [0.25, 0.3) is 21.8 Å². The first-order chi connectivity index (χ1) is 16.1. The lowest BCUT2D eigenvalue weighted by atomic mass is 9.84. The van der Waals surface area contributed by atoms with Gasteiger partial charge >= 0.3 is 5.97 Å². The van der Waals surface area contributed by atoms with E-state index < -0.39 is 5.97 Å². The number of aryl methyl sites for hydroxylation is 2. The molecule has 3 aromatic carbocycles. The van der Waals surface area contributed by atoms with Gasteiger partial charge < -0.3 is 19.8 Å². The summed E-state index contributed by atoms with van der Waals surface area (Å²) in [6.07, 6.45) is 5.09. The summed E-state index contributed by atoms with van der Waals surface area (Å²) in [5, 5.41) is 11.5. The van der Waals surface area contributed by atoms with Gasteiger partial charge in [-0.05, 0) is 41.7 Å². The van der Waals surface area contributed by atoms with E-state index in [2.05, 4.69) is 72.6 Å². The van der Waals surface area contributed by atoms with Crippen molar-refractivity contribution in [2.45, 2.75) is 26.2 Å². The molecule has 0 bridgehead atoms. The average Bonchev–Trinajstić information content (AvgIpc) is 3.45. The van der Waals surface area contributed by atoms with Gasteiger partial charge in [-0.2, -0.15) is 0 Å². The summed E-state index contributed by atoms with van der Waals surface area (Å²) < 4.78 is 5.75. The maximum atomic E-state index is 11.2. The molecule has 2 heterocycles. The van der Waals surface area contributed by atoms with Crippen LogP contribution in [-0.4, -0.2) is 27.7 Å². The monoisotopic (exact) mass is 438 g/mol. The minimum absolute atomic E-state index is 0.147. The average molecular weight is 439 g/mol. The number of aromatic amines is 2. The van der Waals surface area contributed by atoms with E-state index >= 15 is 0 Å². The van der Waals surface area contributed by atoms with Crippen LogP contribution in [0.1, 0.15) is 40.7 Å². The first kappa shape index (κ1) is 20.9. The van der Waals surface area contributed by atoms with E-state index in [1.165, 1.54) is 11.1 Å². The number of nitrogens with one attached hydrogen (secondary N) is 2. The fourth-order valence-electron chi connectivity index (χ4n) is 4.83. The summed E-state index contributed by atoms with van der Waals surface area (Å²) in [5.74, 6) is -0.567. The molecule has 0 saturated heterocycles. The van der Waals surface area contributed by atoms with E-state index in [1.807, 2.05) is 24.3 Å². The summed E-state index contributed by atoms with van der Waals surface area (Å²) in [4.78, 5) is 18.2. The van der Waals surface area contributed by atoms with Gasteiger partial charge in [0, 0.05) is 45.7 Å². The maximum absolute atomic E-state index is 11.2. The molecule has 0 aliphatic rings. The zero-order valence-corrected chi connectivity index (χ0v) is 18.7. The van der Waals surface area contributed by atoms with E-state index in [0.717, 1.165) is 44.9 Å². The first-order valence-corrected chi connectivity index (χ1v) is 11.2. The molecule has 0 spiro atoms. The number of carboxylic acids is 1. The Kier molecular flexibility index (Phi) is 5.38. The number of benzene rings is 3. The van der Waals surface area contributed by atoms with Crippen LogP contribution in [0.2, 0.25) is 0 Å². The molecule has 0 aliphatic heterocycles. The van der Waals surface area contributed by atoms with Gasteiger partial charge in [0.15, 0.2) is 6.61 Å². The van der Waals surface area contributed by atoms with Crippen molar-refractivity contribution in [3.05, 3.63) is 101 Å². The number of para-hydroxylation sites is 3. The largest absolute Gasteiger partial charge is 0.482 e. The van der Waals surface area contributed by atoms with Crippen molar-refractivity contribution < 1.29 is 14.6 Å². The number of fused-ring (bicyclic) bond motifs is 2. The number of hydrogen-bond acceptors (Lipinski definition) is 2. The summed E-state index contributed by atoms with van der Waals surface area (Å²) in [6, 6.07) is 20.4.